The lowest BCUT2D eigenvalue weighted by atomic mass is 9.94. The lowest BCUT2D eigenvalue weighted by Gasteiger charge is -2.25. The van der Waals surface area contributed by atoms with Crippen LogP contribution in [0, 0.1) is 0 Å². The Morgan fingerprint density at radius 3 is 2.18 bits per heavy atom. The topological polar surface area (TPSA) is 20.2 Å². The van der Waals surface area contributed by atoms with Gasteiger partial charge in [0.1, 0.15) is 5.60 Å². The molecule has 0 spiro atoms. The van der Waals surface area contributed by atoms with E-state index in [9.17, 15) is 13.9 Å². The molecule has 68 valence electrons. The predicted octanol–water partition coefficient (Wildman–Crippen LogP) is 2.58. The molecule has 0 aliphatic rings. The average molecular weight is 166 g/mol. The molecule has 0 aromatic rings. The molecular formula is C8H16F2O. The van der Waals surface area contributed by atoms with E-state index in [2.05, 4.69) is 0 Å². The summed E-state index contributed by atoms with van der Waals surface area (Å²) < 4.78 is 24.3. The number of halogens is 2. The van der Waals surface area contributed by atoms with Crippen molar-refractivity contribution in [2.45, 2.75) is 51.6 Å². The molecule has 11 heavy (non-hydrogen) atoms. The van der Waals surface area contributed by atoms with Gasteiger partial charge < -0.3 is 5.11 Å². The molecule has 0 radical (unpaired) electrons. The van der Waals surface area contributed by atoms with E-state index < -0.39 is 12.0 Å². The third-order valence-electron chi connectivity index (χ3n) is 1.98. The lowest BCUT2D eigenvalue weighted by molar-refractivity contribution is -0.104. The molecule has 0 saturated carbocycles. The van der Waals surface area contributed by atoms with E-state index in [0.29, 0.717) is 6.42 Å². The molecule has 1 nitrogen and oxygen atoms in total. The van der Waals surface area contributed by atoms with Gasteiger partial charge in [-0.05, 0) is 12.8 Å². The number of hydrogen-bond donors (Lipinski definition) is 1. The maximum atomic E-state index is 12.2. The Morgan fingerprint density at radius 2 is 1.91 bits per heavy atom. The van der Waals surface area contributed by atoms with Crippen LogP contribution in [0.1, 0.15) is 39.5 Å². The Bertz CT molecular complexity index is 106. The van der Waals surface area contributed by atoms with Crippen LogP contribution in [0.2, 0.25) is 0 Å². The summed E-state index contributed by atoms with van der Waals surface area (Å²) in [5.41, 5.74) is -1.74. The van der Waals surface area contributed by atoms with E-state index in [0.717, 1.165) is 6.42 Å². The van der Waals surface area contributed by atoms with Crippen molar-refractivity contribution in [2.75, 3.05) is 0 Å². The van der Waals surface area contributed by atoms with Gasteiger partial charge >= 0.3 is 0 Å². The summed E-state index contributed by atoms with van der Waals surface area (Å²) in [5, 5.41) is 9.28. The van der Waals surface area contributed by atoms with Crippen LogP contribution < -0.4 is 0 Å². The summed E-state index contributed by atoms with van der Waals surface area (Å²) >= 11 is 0. The van der Waals surface area contributed by atoms with Gasteiger partial charge in [0.15, 0.2) is 0 Å². The second-order valence-corrected chi connectivity index (χ2v) is 2.86. The fourth-order valence-corrected chi connectivity index (χ4v) is 0.923. The Balaban J connectivity index is 3.88. The van der Waals surface area contributed by atoms with Crippen LogP contribution >= 0.6 is 0 Å². The molecule has 0 saturated heterocycles. The molecule has 0 aliphatic carbocycles. The van der Waals surface area contributed by atoms with E-state index >= 15 is 0 Å². The third kappa shape index (κ3) is 3.14. The minimum absolute atomic E-state index is 0.130. The third-order valence-corrected chi connectivity index (χ3v) is 1.98. The fraction of sp³-hybridized carbons (Fsp3) is 1.00. The summed E-state index contributed by atoms with van der Waals surface area (Å²) in [7, 11) is 0. The van der Waals surface area contributed by atoms with Gasteiger partial charge in [-0.1, -0.05) is 26.7 Å². The monoisotopic (exact) mass is 166 g/mol. The second kappa shape index (κ2) is 4.65. The zero-order valence-corrected chi connectivity index (χ0v) is 7.11. The molecular weight excluding hydrogens is 150 g/mol. The molecule has 0 aromatic heterocycles. The van der Waals surface area contributed by atoms with Crippen molar-refractivity contribution >= 4 is 0 Å². The van der Waals surface area contributed by atoms with Gasteiger partial charge in [0.05, 0.1) is 0 Å². The van der Waals surface area contributed by atoms with E-state index in [-0.39, 0.29) is 12.8 Å². The number of alkyl halides is 2. The van der Waals surface area contributed by atoms with Crippen LogP contribution in [0.5, 0.6) is 0 Å². The van der Waals surface area contributed by atoms with Gasteiger partial charge in [-0.15, -0.1) is 0 Å². The zero-order chi connectivity index (χ0) is 8.91. The van der Waals surface area contributed by atoms with Crippen LogP contribution in [0.3, 0.4) is 0 Å². The first kappa shape index (κ1) is 10.8. The summed E-state index contributed by atoms with van der Waals surface area (Å²) in [6, 6.07) is 0. The van der Waals surface area contributed by atoms with E-state index in [1.165, 1.54) is 0 Å². The van der Waals surface area contributed by atoms with Crippen molar-refractivity contribution in [3.8, 4) is 0 Å². The van der Waals surface area contributed by atoms with Crippen LogP contribution in [0.25, 0.3) is 0 Å². The highest BCUT2D eigenvalue weighted by Crippen LogP contribution is 2.25. The average Bonchev–Trinajstić information content (AvgIpc) is 2.00. The van der Waals surface area contributed by atoms with Gasteiger partial charge in [0.25, 0.3) is 6.43 Å². The normalized spacial score (nSPS) is 16.9. The highest BCUT2D eigenvalue weighted by molar-refractivity contribution is 4.78. The summed E-state index contributed by atoms with van der Waals surface area (Å²) in [4.78, 5) is 0. The Kier molecular flexibility index (Phi) is 4.57. The molecule has 0 rings (SSSR count). The SMILES string of the molecule is CCCCC(O)(CC)C(F)F. The summed E-state index contributed by atoms with van der Waals surface area (Å²) in [5.74, 6) is 0. The van der Waals surface area contributed by atoms with Crippen molar-refractivity contribution in [1.82, 2.24) is 0 Å². The quantitative estimate of drug-likeness (QED) is 0.665. The minimum atomic E-state index is -2.61. The second-order valence-electron chi connectivity index (χ2n) is 2.86. The number of unbranched alkanes of at least 4 members (excludes halogenated alkanes) is 1. The molecule has 0 aromatic carbocycles. The van der Waals surface area contributed by atoms with Crippen molar-refractivity contribution in [3.05, 3.63) is 0 Å². The summed E-state index contributed by atoms with van der Waals surface area (Å²) in [6.07, 6.45) is -0.773. The summed E-state index contributed by atoms with van der Waals surface area (Å²) in [6.45, 7) is 3.50. The highest BCUT2D eigenvalue weighted by Gasteiger charge is 2.34. The van der Waals surface area contributed by atoms with Gasteiger partial charge in [-0.25, -0.2) is 8.78 Å². The Labute approximate surface area is 66.4 Å². The van der Waals surface area contributed by atoms with Crippen molar-refractivity contribution in [1.29, 1.82) is 0 Å². The highest BCUT2D eigenvalue weighted by atomic mass is 19.3. The molecule has 0 bridgehead atoms. The molecule has 0 heterocycles. The lowest BCUT2D eigenvalue weighted by Crippen LogP contribution is -2.36. The Hall–Kier alpha value is -0.180. The fourth-order valence-electron chi connectivity index (χ4n) is 0.923. The molecule has 0 amide bonds. The molecule has 1 atom stereocenters. The first-order valence-corrected chi connectivity index (χ1v) is 4.07. The number of rotatable bonds is 5. The Morgan fingerprint density at radius 1 is 1.36 bits per heavy atom. The van der Waals surface area contributed by atoms with Crippen LogP contribution in [-0.4, -0.2) is 17.1 Å². The maximum absolute atomic E-state index is 12.2. The van der Waals surface area contributed by atoms with E-state index in [4.69, 9.17) is 0 Å². The standard InChI is InChI=1S/C8H16F2O/c1-3-5-6-8(11,4-2)7(9)10/h7,11H,3-6H2,1-2H3. The predicted molar refractivity (Wildman–Crippen MR) is 40.8 cm³/mol. The van der Waals surface area contributed by atoms with Crippen LogP contribution in [-0.2, 0) is 0 Å². The maximum Gasteiger partial charge on any atom is 0.266 e. The van der Waals surface area contributed by atoms with Crippen LogP contribution in [0.4, 0.5) is 8.78 Å². The number of aliphatic hydroxyl groups is 1. The largest absolute Gasteiger partial charge is 0.384 e. The molecule has 1 N–H and O–H groups in total. The molecule has 3 heteroatoms. The van der Waals surface area contributed by atoms with Gasteiger partial charge in [-0.3, -0.25) is 0 Å². The van der Waals surface area contributed by atoms with Gasteiger partial charge in [0, 0.05) is 0 Å². The van der Waals surface area contributed by atoms with Crippen LogP contribution in [0.15, 0.2) is 0 Å². The first-order chi connectivity index (χ1) is 5.06. The number of hydrogen-bond acceptors (Lipinski definition) is 1. The van der Waals surface area contributed by atoms with Crippen molar-refractivity contribution in [3.63, 3.8) is 0 Å². The molecule has 1 unspecified atom stereocenters. The first-order valence-electron chi connectivity index (χ1n) is 4.07. The zero-order valence-electron chi connectivity index (χ0n) is 7.11. The van der Waals surface area contributed by atoms with E-state index in [1.54, 1.807) is 6.92 Å². The van der Waals surface area contributed by atoms with E-state index in [1.807, 2.05) is 6.92 Å². The van der Waals surface area contributed by atoms with Gasteiger partial charge in [-0.2, -0.15) is 0 Å². The smallest absolute Gasteiger partial charge is 0.266 e. The van der Waals surface area contributed by atoms with Crippen molar-refractivity contribution in [2.24, 2.45) is 0 Å². The van der Waals surface area contributed by atoms with Crippen molar-refractivity contribution < 1.29 is 13.9 Å². The molecule has 0 fully saturated rings. The molecule has 0 aliphatic heterocycles. The minimum Gasteiger partial charge on any atom is -0.384 e. The van der Waals surface area contributed by atoms with Gasteiger partial charge in [0.2, 0.25) is 0 Å².